The van der Waals surface area contributed by atoms with Crippen molar-refractivity contribution in [3.8, 4) is 5.75 Å². The van der Waals surface area contributed by atoms with Gasteiger partial charge in [-0.25, -0.2) is 0 Å². The number of hydrogen-bond acceptors (Lipinski definition) is 4. The number of hydrogen-bond donors (Lipinski definition) is 1. The van der Waals surface area contributed by atoms with Crippen molar-refractivity contribution in [3.63, 3.8) is 0 Å². The van der Waals surface area contributed by atoms with Crippen molar-refractivity contribution >= 4 is 11.8 Å². The average molecular weight is 374 g/mol. The van der Waals surface area contributed by atoms with E-state index in [1.165, 1.54) is 7.11 Å². The second-order valence-corrected chi connectivity index (χ2v) is 7.96. The highest BCUT2D eigenvalue weighted by Gasteiger charge is 2.44. The third-order valence-corrected chi connectivity index (χ3v) is 5.48. The Bertz CT molecular complexity index is 681. The summed E-state index contributed by atoms with van der Waals surface area (Å²) >= 11 is 0. The standard InChI is InChI=1S/C21H30N2O4/c1-15(2)22-19(24)12-16-13-21(27-18-7-5-4-6-17(16)18)8-10-23(11-9-21)20(25)14-26-3/h4-7,15-16H,8-14H2,1-3H3,(H,22,24)/t16-/m1/s1. The van der Waals surface area contributed by atoms with Crippen molar-refractivity contribution < 1.29 is 19.1 Å². The fourth-order valence-electron chi connectivity index (χ4n) is 4.22. The van der Waals surface area contributed by atoms with Gasteiger partial charge in [-0.1, -0.05) is 18.2 Å². The van der Waals surface area contributed by atoms with Crippen LogP contribution in [0.25, 0.3) is 0 Å². The molecule has 1 atom stereocenters. The van der Waals surface area contributed by atoms with Gasteiger partial charge in [0.1, 0.15) is 18.0 Å². The van der Waals surface area contributed by atoms with Crippen molar-refractivity contribution in [2.75, 3.05) is 26.8 Å². The number of nitrogens with one attached hydrogen (secondary N) is 1. The number of nitrogens with zero attached hydrogens (tertiary/aromatic N) is 1. The highest BCUT2D eigenvalue weighted by Crippen LogP contribution is 2.46. The molecule has 27 heavy (non-hydrogen) atoms. The Labute approximate surface area is 161 Å². The van der Waals surface area contributed by atoms with Crippen LogP contribution >= 0.6 is 0 Å². The number of carbonyl (C=O) groups excluding carboxylic acids is 2. The minimum absolute atomic E-state index is 0.0245. The van der Waals surface area contributed by atoms with Gasteiger partial charge in [-0.2, -0.15) is 0 Å². The highest BCUT2D eigenvalue weighted by molar-refractivity contribution is 5.78. The molecule has 6 heteroatoms. The summed E-state index contributed by atoms with van der Waals surface area (Å²) in [7, 11) is 1.54. The predicted octanol–water partition coefficient (Wildman–Crippen LogP) is 2.47. The number of fused-ring (bicyclic) bond motifs is 1. The first-order valence-corrected chi connectivity index (χ1v) is 9.76. The van der Waals surface area contributed by atoms with Gasteiger partial charge in [0.2, 0.25) is 11.8 Å². The topological polar surface area (TPSA) is 67.9 Å². The molecule has 0 aromatic heterocycles. The Kier molecular flexibility index (Phi) is 6.05. The Morgan fingerprint density at radius 2 is 2.00 bits per heavy atom. The van der Waals surface area contributed by atoms with Crippen molar-refractivity contribution in [1.82, 2.24) is 10.2 Å². The number of benzene rings is 1. The maximum absolute atomic E-state index is 12.4. The second-order valence-electron chi connectivity index (χ2n) is 7.96. The fraction of sp³-hybridized carbons (Fsp3) is 0.619. The average Bonchev–Trinajstić information content (AvgIpc) is 2.61. The molecular formula is C21H30N2O4. The third-order valence-electron chi connectivity index (χ3n) is 5.48. The van der Waals surface area contributed by atoms with E-state index in [1.807, 2.05) is 36.9 Å². The summed E-state index contributed by atoms with van der Waals surface area (Å²) in [5.74, 6) is 1.11. The van der Waals surface area contributed by atoms with Crippen LogP contribution in [0, 0.1) is 0 Å². The molecule has 0 aliphatic carbocycles. The molecule has 148 valence electrons. The van der Waals surface area contributed by atoms with Gasteiger partial charge < -0.3 is 19.7 Å². The molecule has 1 aromatic carbocycles. The van der Waals surface area contributed by atoms with E-state index in [0.29, 0.717) is 19.5 Å². The van der Waals surface area contributed by atoms with Crippen LogP contribution in [-0.4, -0.2) is 55.2 Å². The highest BCUT2D eigenvalue weighted by atomic mass is 16.5. The molecule has 1 saturated heterocycles. The fourth-order valence-corrected chi connectivity index (χ4v) is 4.22. The van der Waals surface area contributed by atoms with Gasteiger partial charge in [0.25, 0.3) is 0 Å². The number of piperidine rings is 1. The molecule has 2 amide bonds. The molecule has 2 heterocycles. The molecule has 0 bridgehead atoms. The van der Waals surface area contributed by atoms with E-state index in [1.54, 1.807) is 0 Å². The first-order chi connectivity index (χ1) is 12.9. The number of ether oxygens (including phenoxy) is 2. The quantitative estimate of drug-likeness (QED) is 0.860. The van der Waals surface area contributed by atoms with E-state index >= 15 is 0 Å². The third kappa shape index (κ3) is 4.61. The van der Waals surface area contributed by atoms with Crippen LogP contribution in [0.4, 0.5) is 0 Å². The monoisotopic (exact) mass is 374 g/mol. The number of rotatable bonds is 5. The lowest BCUT2D eigenvalue weighted by Gasteiger charge is -2.47. The van der Waals surface area contributed by atoms with Gasteiger partial charge in [-0.15, -0.1) is 0 Å². The van der Waals surface area contributed by atoms with Crippen LogP contribution in [0.5, 0.6) is 5.75 Å². The minimum atomic E-state index is -0.305. The summed E-state index contributed by atoms with van der Waals surface area (Å²) in [4.78, 5) is 26.3. The summed E-state index contributed by atoms with van der Waals surface area (Å²) in [5.41, 5.74) is 0.806. The number of para-hydroxylation sites is 1. The second kappa shape index (κ2) is 8.30. The van der Waals surface area contributed by atoms with E-state index in [-0.39, 0.29) is 36.0 Å². The molecule has 0 saturated carbocycles. The number of likely N-dealkylation sites (tertiary alicyclic amines) is 1. The van der Waals surface area contributed by atoms with Gasteiger partial charge in [0, 0.05) is 51.4 Å². The van der Waals surface area contributed by atoms with Gasteiger partial charge in [0.05, 0.1) is 0 Å². The van der Waals surface area contributed by atoms with Crippen molar-refractivity contribution in [3.05, 3.63) is 29.8 Å². The molecule has 1 aromatic rings. The molecule has 3 rings (SSSR count). The van der Waals surface area contributed by atoms with Gasteiger partial charge >= 0.3 is 0 Å². The van der Waals surface area contributed by atoms with E-state index in [4.69, 9.17) is 9.47 Å². The lowest BCUT2D eigenvalue weighted by Crippen LogP contribution is -2.52. The summed E-state index contributed by atoms with van der Waals surface area (Å²) in [5, 5.41) is 3.00. The van der Waals surface area contributed by atoms with Gasteiger partial charge in [-0.05, 0) is 31.9 Å². The lowest BCUT2D eigenvalue weighted by molar-refractivity contribution is -0.139. The Morgan fingerprint density at radius 3 is 2.67 bits per heavy atom. The molecular weight excluding hydrogens is 344 g/mol. The first kappa shape index (κ1) is 19.7. The molecule has 6 nitrogen and oxygen atoms in total. The summed E-state index contributed by atoms with van der Waals surface area (Å²) < 4.78 is 11.4. The lowest BCUT2D eigenvalue weighted by atomic mass is 9.76. The zero-order valence-electron chi connectivity index (χ0n) is 16.5. The minimum Gasteiger partial charge on any atom is -0.487 e. The SMILES string of the molecule is COCC(=O)N1CCC2(CC1)C[C@@H](CC(=O)NC(C)C)c1ccccc1O2. The van der Waals surface area contributed by atoms with E-state index in [9.17, 15) is 9.59 Å². The van der Waals surface area contributed by atoms with Gasteiger partial charge in [-0.3, -0.25) is 9.59 Å². The van der Waals surface area contributed by atoms with Crippen molar-refractivity contribution in [2.24, 2.45) is 0 Å². The van der Waals surface area contributed by atoms with Crippen LogP contribution < -0.4 is 10.1 Å². The predicted molar refractivity (Wildman–Crippen MR) is 103 cm³/mol. The maximum Gasteiger partial charge on any atom is 0.248 e. The zero-order chi connectivity index (χ0) is 19.4. The largest absolute Gasteiger partial charge is 0.487 e. The molecule has 1 spiro atoms. The Hall–Kier alpha value is -2.08. The number of carbonyl (C=O) groups is 2. The van der Waals surface area contributed by atoms with Crippen LogP contribution in [0.3, 0.4) is 0 Å². The molecule has 0 radical (unpaired) electrons. The summed E-state index contributed by atoms with van der Waals surface area (Å²) in [6, 6.07) is 8.16. The van der Waals surface area contributed by atoms with Gasteiger partial charge in [0.15, 0.2) is 0 Å². The van der Waals surface area contributed by atoms with E-state index in [0.717, 1.165) is 30.6 Å². The smallest absolute Gasteiger partial charge is 0.248 e. The van der Waals surface area contributed by atoms with Crippen LogP contribution in [0.1, 0.15) is 51.0 Å². The first-order valence-electron chi connectivity index (χ1n) is 9.76. The maximum atomic E-state index is 12.4. The zero-order valence-corrected chi connectivity index (χ0v) is 16.5. The molecule has 2 aliphatic rings. The van der Waals surface area contributed by atoms with Crippen LogP contribution in [0.15, 0.2) is 24.3 Å². The normalized spacial score (nSPS) is 20.9. The van der Waals surface area contributed by atoms with Crippen molar-refractivity contribution in [2.45, 2.75) is 57.1 Å². The van der Waals surface area contributed by atoms with Crippen LogP contribution in [0.2, 0.25) is 0 Å². The van der Waals surface area contributed by atoms with Crippen LogP contribution in [-0.2, 0) is 14.3 Å². The molecule has 1 N–H and O–H groups in total. The van der Waals surface area contributed by atoms with Crippen molar-refractivity contribution in [1.29, 1.82) is 0 Å². The molecule has 2 aliphatic heterocycles. The molecule has 1 fully saturated rings. The number of amides is 2. The van der Waals surface area contributed by atoms with E-state index < -0.39 is 0 Å². The Morgan fingerprint density at radius 1 is 1.30 bits per heavy atom. The Balaban J connectivity index is 1.74. The summed E-state index contributed by atoms with van der Waals surface area (Å²) in [6.45, 7) is 5.40. The number of methoxy groups -OCH3 is 1. The molecule has 0 unspecified atom stereocenters. The summed E-state index contributed by atoms with van der Waals surface area (Å²) in [6.07, 6.45) is 2.83. The van der Waals surface area contributed by atoms with E-state index in [2.05, 4.69) is 11.4 Å².